The van der Waals surface area contributed by atoms with Gasteiger partial charge in [0.15, 0.2) is 0 Å². The zero-order chi connectivity index (χ0) is 15.2. The Labute approximate surface area is 124 Å². The second-order valence-corrected chi connectivity index (χ2v) is 5.57. The Morgan fingerprint density at radius 3 is 2.33 bits per heavy atom. The minimum Gasteiger partial charge on any atom is -0.481 e. The highest BCUT2D eigenvalue weighted by Crippen LogP contribution is 2.23. The fourth-order valence-corrected chi connectivity index (χ4v) is 2.72. The largest absolute Gasteiger partial charge is 0.481 e. The van der Waals surface area contributed by atoms with Crippen molar-refractivity contribution in [2.24, 2.45) is 11.7 Å². The number of carboxylic acid groups (broad SMARTS) is 1. The zero-order valence-corrected chi connectivity index (χ0v) is 12.1. The summed E-state index contributed by atoms with van der Waals surface area (Å²) in [5, 5.41) is 8.70. The molecule has 1 heterocycles. The number of aliphatic carboxylic acids is 1. The van der Waals surface area contributed by atoms with Crippen molar-refractivity contribution in [1.29, 1.82) is 0 Å². The second-order valence-electron chi connectivity index (χ2n) is 5.57. The van der Waals surface area contributed by atoms with E-state index in [9.17, 15) is 9.59 Å². The lowest BCUT2D eigenvalue weighted by Gasteiger charge is -2.32. The van der Waals surface area contributed by atoms with Crippen LogP contribution in [0, 0.1) is 5.92 Å². The SMILES string of the molecule is NCc1ccc(C(=O)N2CCC(CCC(=O)O)CC2)cc1. The Bertz CT molecular complexity index is 491. The van der Waals surface area contributed by atoms with Gasteiger partial charge in [0.1, 0.15) is 0 Å². The summed E-state index contributed by atoms with van der Waals surface area (Å²) in [6, 6.07) is 7.40. The number of nitrogens with zero attached hydrogens (tertiary/aromatic N) is 1. The van der Waals surface area contributed by atoms with Crippen LogP contribution in [-0.2, 0) is 11.3 Å². The van der Waals surface area contributed by atoms with E-state index >= 15 is 0 Å². The summed E-state index contributed by atoms with van der Waals surface area (Å²) in [5.41, 5.74) is 7.25. The van der Waals surface area contributed by atoms with E-state index in [1.165, 1.54) is 0 Å². The number of benzene rings is 1. The molecular weight excluding hydrogens is 268 g/mol. The molecular formula is C16H22N2O3. The molecule has 0 unspecified atom stereocenters. The van der Waals surface area contributed by atoms with Crippen LogP contribution in [0.15, 0.2) is 24.3 Å². The van der Waals surface area contributed by atoms with Gasteiger partial charge in [0.25, 0.3) is 5.91 Å². The second kappa shape index (κ2) is 7.22. The number of amides is 1. The molecule has 1 saturated heterocycles. The van der Waals surface area contributed by atoms with Gasteiger partial charge in [0, 0.05) is 31.6 Å². The fraction of sp³-hybridized carbons (Fsp3) is 0.500. The van der Waals surface area contributed by atoms with Gasteiger partial charge >= 0.3 is 5.97 Å². The molecule has 5 nitrogen and oxygen atoms in total. The first-order valence-electron chi connectivity index (χ1n) is 7.40. The maximum atomic E-state index is 12.4. The van der Waals surface area contributed by atoms with Crippen molar-refractivity contribution >= 4 is 11.9 Å². The van der Waals surface area contributed by atoms with Crippen LogP contribution >= 0.6 is 0 Å². The first-order chi connectivity index (χ1) is 10.1. The van der Waals surface area contributed by atoms with Crippen LogP contribution in [0.3, 0.4) is 0 Å². The van der Waals surface area contributed by atoms with Crippen molar-refractivity contribution in [3.63, 3.8) is 0 Å². The molecule has 1 amide bonds. The number of hydrogen-bond donors (Lipinski definition) is 2. The average Bonchev–Trinajstić information content (AvgIpc) is 2.53. The molecule has 1 fully saturated rings. The summed E-state index contributed by atoms with van der Waals surface area (Å²) in [6.45, 7) is 1.90. The van der Waals surface area contributed by atoms with E-state index in [1.807, 2.05) is 29.2 Å². The van der Waals surface area contributed by atoms with E-state index in [1.54, 1.807) is 0 Å². The molecule has 1 aromatic rings. The molecule has 0 bridgehead atoms. The molecule has 0 saturated carbocycles. The monoisotopic (exact) mass is 290 g/mol. The highest BCUT2D eigenvalue weighted by Gasteiger charge is 2.23. The molecule has 0 aliphatic carbocycles. The number of carbonyl (C=O) groups is 2. The van der Waals surface area contributed by atoms with Crippen LogP contribution < -0.4 is 5.73 Å². The first-order valence-corrected chi connectivity index (χ1v) is 7.40. The molecule has 0 spiro atoms. The molecule has 0 atom stereocenters. The Kier molecular flexibility index (Phi) is 5.33. The standard InChI is InChI=1S/C16H22N2O3/c17-11-13-1-4-14(5-2-13)16(21)18-9-7-12(8-10-18)3-6-15(19)20/h1-2,4-5,12H,3,6-11,17H2,(H,19,20). The highest BCUT2D eigenvalue weighted by atomic mass is 16.4. The van der Waals surface area contributed by atoms with Crippen molar-refractivity contribution in [2.45, 2.75) is 32.2 Å². The summed E-state index contributed by atoms with van der Waals surface area (Å²) in [5.74, 6) is -0.270. The van der Waals surface area contributed by atoms with Gasteiger partial charge in [0.2, 0.25) is 0 Å². The highest BCUT2D eigenvalue weighted by molar-refractivity contribution is 5.94. The van der Waals surface area contributed by atoms with Crippen LogP contribution in [0.5, 0.6) is 0 Å². The summed E-state index contributed by atoms with van der Waals surface area (Å²) < 4.78 is 0. The van der Waals surface area contributed by atoms with Crippen molar-refractivity contribution in [2.75, 3.05) is 13.1 Å². The summed E-state index contributed by atoms with van der Waals surface area (Å²) >= 11 is 0. The predicted molar refractivity (Wildman–Crippen MR) is 79.8 cm³/mol. The maximum Gasteiger partial charge on any atom is 0.303 e. The number of nitrogens with two attached hydrogens (primary N) is 1. The van der Waals surface area contributed by atoms with Gasteiger partial charge in [-0.3, -0.25) is 9.59 Å². The summed E-state index contributed by atoms with van der Waals surface area (Å²) in [7, 11) is 0. The molecule has 2 rings (SSSR count). The van der Waals surface area contributed by atoms with Crippen molar-refractivity contribution in [3.8, 4) is 0 Å². The third-order valence-electron chi connectivity index (χ3n) is 4.10. The fourth-order valence-electron chi connectivity index (χ4n) is 2.72. The van der Waals surface area contributed by atoms with Gasteiger partial charge in [0.05, 0.1) is 0 Å². The van der Waals surface area contributed by atoms with Gasteiger partial charge in [-0.2, -0.15) is 0 Å². The smallest absolute Gasteiger partial charge is 0.303 e. The molecule has 5 heteroatoms. The van der Waals surface area contributed by atoms with Crippen molar-refractivity contribution in [3.05, 3.63) is 35.4 Å². The van der Waals surface area contributed by atoms with Crippen LogP contribution in [-0.4, -0.2) is 35.0 Å². The quantitative estimate of drug-likeness (QED) is 0.867. The Morgan fingerprint density at radius 1 is 1.19 bits per heavy atom. The van der Waals surface area contributed by atoms with Crippen LogP contribution in [0.1, 0.15) is 41.6 Å². The van der Waals surface area contributed by atoms with E-state index in [0.717, 1.165) is 18.4 Å². The molecule has 114 valence electrons. The third kappa shape index (κ3) is 4.29. The summed E-state index contributed by atoms with van der Waals surface area (Å²) in [6.07, 6.45) is 2.71. The molecule has 1 aliphatic rings. The van der Waals surface area contributed by atoms with Crippen molar-refractivity contribution < 1.29 is 14.7 Å². The topological polar surface area (TPSA) is 83.6 Å². The van der Waals surface area contributed by atoms with Gasteiger partial charge in [-0.25, -0.2) is 0 Å². The molecule has 0 radical (unpaired) electrons. The van der Waals surface area contributed by atoms with Gasteiger partial charge < -0.3 is 15.7 Å². The number of likely N-dealkylation sites (tertiary alicyclic amines) is 1. The number of carbonyl (C=O) groups excluding carboxylic acids is 1. The molecule has 3 N–H and O–H groups in total. The Morgan fingerprint density at radius 2 is 1.81 bits per heavy atom. The lowest BCUT2D eigenvalue weighted by atomic mass is 9.92. The zero-order valence-electron chi connectivity index (χ0n) is 12.1. The van der Waals surface area contributed by atoms with Gasteiger partial charge in [-0.05, 0) is 42.9 Å². The minimum absolute atomic E-state index is 0.0512. The number of carboxylic acids is 1. The van der Waals surface area contributed by atoms with Gasteiger partial charge in [-0.1, -0.05) is 12.1 Å². The van der Waals surface area contributed by atoms with Crippen LogP contribution in [0.4, 0.5) is 0 Å². The lowest BCUT2D eigenvalue weighted by molar-refractivity contribution is -0.137. The van der Waals surface area contributed by atoms with E-state index in [4.69, 9.17) is 10.8 Å². The lowest BCUT2D eigenvalue weighted by Crippen LogP contribution is -2.38. The maximum absolute atomic E-state index is 12.4. The third-order valence-corrected chi connectivity index (χ3v) is 4.10. The van der Waals surface area contributed by atoms with Crippen LogP contribution in [0.25, 0.3) is 0 Å². The molecule has 21 heavy (non-hydrogen) atoms. The number of rotatable bonds is 5. The summed E-state index contributed by atoms with van der Waals surface area (Å²) in [4.78, 5) is 24.8. The molecule has 0 aromatic heterocycles. The Balaban J connectivity index is 1.86. The Hall–Kier alpha value is -1.88. The van der Waals surface area contributed by atoms with Gasteiger partial charge in [-0.15, -0.1) is 0 Å². The van der Waals surface area contributed by atoms with Crippen LogP contribution in [0.2, 0.25) is 0 Å². The molecule has 1 aliphatic heterocycles. The number of hydrogen-bond acceptors (Lipinski definition) is 3. The normalized spacial score (nSPS) is 16.0. The number of piperidine rings is 1. The van der Waals surface area contributed by atoms with Crippen molar-refractivity contribution in [1.82, 2.24) is 4.90 Å². The minimum atomic E-state index is -0.742. The predicted octanol–water partition coefficient (Wildman–Crippen LogP) is 1.86. The average molecular weight is 290 g/mol. The van der Waals surface area contributed by atoms with E-state index in [-0.39, 0.29) is 12.3 Å². The first kappa shape index (κ1) is 15.5. The molecule has 1 aromatic carbocycles. The van der Waals surface area contributed by atoms with E-state index in [0.29, 0.717) is 37.5 Å². The van der Waals surface area contributed by atoms with E-state index in [2.05, 4.69) is 0 Å². The van der Waals surface area contributed by atoms with E-state index < -0.39 is 5.97 Å².